The molecular weight excluding hydrogens is 1800 g/mol. The van der Waals surface area contributed by atoms with E-state index in [9.17, 15) is 68.1 Å². The van der Waals surface area contributed by atoms with Crippen molar-refractivity contribution < 1.29 is 111 Å². The third-order valence-electron chi connectivity index (χ3n) is 24.4. The highest BCUT2D eigenvalue weighted by Gasteiger charge is 2.47. The van der Waals surface area contributed by atoms with Gasteiger partial charge >= 0.3 is 11.9 Å². The lowest BCUT2D eigenvalue weighted by molar-refractivity contribution is -0.149. The van der Waals surface area contributed by atoms with Crippen LogP contribution in [-0.4, -0.2) is 329 Å². The first-order chi connectivity index (χ1) is 65.3. The number of rotatable bonds is 28. The number of aliphatic carboxylic acids is 2. The van der Waals surface area contributed by atoms with Gasteiger partial charge in [0.25, 0.3) is 0 Å². The second-order valence-corrected chi connectivity index (χ2v) is 35.4. The van der Waals surface area contributed by atoms with Gasteiger partial charge < -0.3 is 130 Å². The van der Waals surface area contributed by atoms with Crippen molar-refractivity contribution >= 4 is 146 Å². The molecular formula is C91H124N22O23S. The molecule has 137 heavy (non-hydrogen) atoms. The van der Waals surface area contributed by atoms with Crippen LogP contribution in [0.2, 0.25) is 0 Å². The lowest BCUT2D eigenvalue weighted by atomic mass is 9.99. The van der Waals surface area contributed by atoms with Crippen LogP contribution in [0.5, 0.6) is 5.75 Å². The van der Waals surface area contributed by atoms with Crippen molar-refractivity contribution in [3.05, 3.63) is 120 Å². The molecule has 9 rings (SSSR count). The Morgan fingerprint density at radius 1 is 0.526 bits per heavy atom. The van der Waals surface area contributed by atoms with Gasteiger partial charge in [0.2, 0.25) is 100 Å². The Labute approximate surface area is 793 Å². The smallest absolute Gasteiger partial charge is 0.305 e. The maximum absolute atomic E-state index is 15.8. The zero-order chi connectivity index (χ0) is 100. The number of hydrogen-bond acceptors (Lipinski definition) is 24. The first kappa shape index (κ1) is 107. The summed E-state index contributed by atoms with van der Waals surface area (Å²) in [5, 5.41) is 59.1. The number of aromatic amines is 3. The van der Waals surface area contributed by atoms with E-state index in [2.05, 4.69) is 73.1 Å². The van der Waals surface area contributed by atoms with Gasteiger partial charge in [-0.15, -0.1) is 11.8 Å². The van der Waals surface area contributed by atoms with Crippen molar-refractivity contribution in [3.8, 4) is 5.75 Å². The number of aliphatic hydroxyl groups excluding tert-OH is 1. The molecule has 3 aliphatic rings. The first-order valence-electron chi connectivity index (χ1n) is 45.4. The van der Waals surface area contributed by atoms with Crippen LogP contribution in [0.4, 0.5) is 0 Å². The molecule has 15 atom stereocenters. The van der Waals surface area contributed by atoms with E-state index in [1.165, 1.54) is 53.9 Å². The van der Waals surface area contributed by atoms with E-state index in [0.29, 0.717) is 69.9 Å². The van der Waals surface area contributed by atoms with Gasteiger partial charge in [0, 0.05) is 125 Å². The Balaban J connectivity index is 1.11. The minimum Gasteiger partial charge on any atom is -0.497 e. The summed E-state index contributed by atoms with van der Waals surface area (Å²) in [5.41, 5.74) is 19.8. The van der Waals surface area contributed by atoms with Crippen LogP contribution in [0.1, 0.15) is 139 Å². The number of H-pyrrole nitrogens is 3. The second kappa shape index (κ2) is 51.0. The van der Waals surface area contributed by atoms with Gasteiger partial charge in [-0.3, -0.25) is 91.1 Å². The number of thioether (sulfide) groups is 1. The van der Waals surface area contributed by atoms with E-state index in [4.69, 9.17) is 21.9 Å². The molecule has 3 aliphatic heterocycles. The predicted molar refractivity (Wildman–Crippen MR) is 496 cm³/mol. The fraction of sp³-hybridized carbons (Fsp3) is 0.516. The highest BCUT2D eigenvalue weighted by Crippen LogP contribution is 2.28. The number of unbranched alkanes of at least 4 members (excludes halogenated alkanes) is 2. The van der Waals surface area contributed by atoms with Crippen molar-refractivity contribution in [3.63, 3.8) is 0 Å². The maximum atomic E-state index is 15.8. The summed E-state index contributed by atoms with van der Waals surface area (Å²) in [6, 6.07) is -3.09. The molecule has 6 heterocycles. The van der Waals surface area contributed by atoms with Gasteiger partial charge in [0.1, 0.15) is 90.3 Å². The van der Waals surface area contributed by atoms with Gasteiger partial charge in [-0.2, -0.15) is 0 Å². The number of aromatic nitrogens is 4. The average Bonchev–Trinajstić information content (AvgIpc) is 1.77. The van der Waals surface area contributed by atoms with Crippen molar-refractivity contribution in [2.24, 2.45) is 17.2 Å². The third kappa shape index (κ3) is 29.7. The molecule has 17 amide bonds. The van der Waals surface area contributed by atoms with Gasteiger partial charge in [-0.25, -0.2) is 4.98 Å². The monoisotopic (exact) mass is 1920 g/mol. The quantitative estimate of drug-likeness (QED) is 0.0235. The largest absolute Gasteiger partial charge is 0.497 e. The molecule has 0 spiro atoms. The van der Waals surface area contributed by atoms with Crippen molar-refractivity contribution in [2.45, 2.75) is 233 Å². The number of methoxy groups -OCH3 is 1. The minimum absolute atomic E-state index is 0.0169. The predicted octanol–water partition coefficient (Wildman–Crippen LogP) is -2.85. The summed E-state index contributed by atoms with van der Waals surface area (Å²) in [6.07, 6.45) is 0.107. The van der Waals surface area contributed by atoms with E-state index in [1.807, 2.05) is 13.8 Å². The van der Waals surface area contributed by atoms with Crippen molar-refractivity contribution in [1.82, 2.24) is 97.6 Å². The highest BCUT2D eigenvalue weighted by molar-refractivity contribution is 8.00. The fourth-order valence-corrected chi connectivity index (χ4v) is 17.6. The topological polar surface area (TPSA) is 669 Å². The molecule has 6 aromatic rings. The van der Waals surface area contributed by atoms with Gasteiger partial charge in [-0.1, -0.05) is 88.1 Å². The normalized spacial score (nSPS) is 24.5. The zero-order valence-electron chi connectivity index (χ0n) is 77.4. The SMILES string of the molecule is CCCC[C@H]1C(=O)N(C)[C@@H](CCCC)C(=O)N[C@@H](CCCN)C(=O)N[C@H](C(=O)NCC(N)=O)CSCC(=O)N[C@@H](Cc2ccc(OC)cc2)C(=O)N(C)[C@@H](C)C(=O)N[C@@H](CC(N)=O)C(=O)N2CCCC2C(=O)N[C@@H](Cc2cnc[nH]2)C(=O)N[C@@H](CCC(=O)O)C(=O)N2C[C@H](O)C[C@H]2C(=O)N[C@@H](Cc2c[nH]c3ccccc23)C(=O)N[C@@H](CC(=O)O)C(=O)N[C@@H](Cc2c[nH]c3ccccc23)C(=O)N1C. The van der Waals surface area contributed by atoms with Crippen LogP contribution in [-0.2, 0) is 117 Å². The number of nitrogens with one attached hydrogen (secondary N) is 13. The van der Waals surface area contributed by atoms with Gasteiger partial charge in [0.15, 0.2) is 0 Å². The fourth-order valence-electron chi connectivity index (χ4n) is 16.7. The van der Waals surface area contributed by atoms with Crippen LogP contribution >= 0.6 is 11.8 Å². The lowest BCUT2D eigenvalue weighted by Gasteiger charge is -2.36. The van der Waals surface area contributed by atoms with Gasteiger partial charge in [0.05, 0.1) is 44.7 Å². The Kier molecular flexibility index (Phi) is 39.7. The summed E-state index contributed by atoms with van der Waals surface area (Å²) in [4.78, 5) is 294. The molecule has 0 bridgehead atoms. The van der Waals surface area contributed by atoms with E-state index in [-0.39, 0.29) is 70.2 Å². The number of para-hydroxylation sites is 2. The van der Waals surface area contributed by atoms with Crippen molar-refractivity contribution in [2.75, 3.05) is 65.9 Å². The standard InChI is InChI=1S/C91H124N22O23S/c1-8-10-23-69-84(128)101-60(22-16-32-92)80(124)108-68(79(123)98-44-74(94)116)46-137-47-75(117)100-65(34-50-26-28-55(136-7)29-27-50)87(131)109(4)49(3)78(122)106-67(39-73(93)115)90(134)112-33-17-25-70(112)85(129)105-63(37-53-43-95-48-99-53)82(126)102-61(30-31-76(118)119)89(133)113-45-54(114)38-72(113)86(130)104-62(35-51-41-96-58-20-14-12-18-56(51)58)81(125)103-64(40-77(120)121)83(127)107-66(36-52-42-97-59-21-15-13-19-57(52)59)88(132)111(6)71(24-11-9-2)91(135)110(69)5/h12-15,18-21,26-29,41-43,48-49,54,60-72,96-97,114H,8-11,16-17,22-25,30-40,44-47,92H2,1-7H3,(H2,93,115)(H2,94,116)(H,95,99)(H,98,123)(H,100,117)(H,101,128)(H,102,126)(H,103,125)(H,104,130)(H,105,129)(H,106,122)(H,107,127)(H,108,124)(H,118,119)(H,120,121)/t49-,54+,60-,61-,62-,63-,64-,65-,66-,67-,68-,69-,70?,71-,72-/m0/s1. The number of carboxylic acids is 2. The molecule has 742 valence electrons. The molecule has 22 N–H and O–H groups in total. The lowest BCUT2D eigenvalue weighted by Crippen LogP contribution is -2.61. The molecule has 3 saturated heterocycles. The zero-order valence-corrected chi connectivity index (χ0v) is 78.2. The molecule has 1 unspecified atom stereocenters. The maximum Gasteiger partial charge on any atom is 0.305 e. The Hall–Kier alpha value is -14.1. The Morgan fingerprint density at radius 2 is 1.07 bits per heavy atom. The molecule has 3 aromatic heterocycles. The van der Waals surface area contributed by atoms with Crippen molar-refractivity contribution in [1.29, 1.82) is 0 Å². The number of nitrogens with two attached hydrogens (primary N) is 3. The summed E-state index contributed by atoms with van der Waals surface area (Å²) in [5.74, 6) is -20.9. The number of benzene rings is 3. The highest BCUT2D eigenvalue weighted by atomic mass is 32.2. The average molecular weight is 1930 g/mol. The number of fused-ring (bicyclic) bond motifs is 4. The summed E-state index contributed by atoms with van der Waals surface area (Å²) in [6.45, 7) is 3.37. The molecule has 46 heteroatoms. The van der Waals surface area contributed by atoms with E-state index < -0.39 is 273 Å². The number of carboxylic acid groups (broad SMARTS) is 2. The molecule has 0 aliphatic carbocycles. The van der Waals surface area contributed by atoms with Crippen LogP contribution in [0.15, 0.2) is 97.7 Å². The number of hydrogen-bond donors (Lipinski definition) is 19. The summed E-state index contributed by atoms with van der Waals surface area (Å²) in [7, 11) is 5.27. The second-order valence-electron chi connectivity index (χ2n) is 34.3. The number of carbonyl (C=O) groups excluding carboxylic acids is 17. The number of primary amides is 2. The van der Waals surface area contributed by atoms with E-state index in [0.717, 1.165) is 36.3 Å². The first-order valence-corrected chi connectivity index (χ1v) is 46.6. The van der Waals surface area contributed by atoms with Crippen LogP contribution < -0.4 is 75.1 Å². The number of amides is 17. The molecule has 3 fully saturated rings. The minimum atomic E-state index is -2.09. The number of aliphatic hydroxyl groups is 1. The molecule has 45 nitrogen and oxygen atoms in total. The molecule has 0 radical (unpaired) electrons. The van der Waals surface area contributed by atoms with Gasteiger partial charge in [-0.05, 0) is 99.4 Å². The Bertz CT molecular complexity index is 5320. The number of ether oxygens (including phenoxy) is 1. The summed E-state index contributed by atoms with van der Waals surface area (Å²) >= 11 is 0.774. The van der Waals surface area contributed by atoms with Crippen LogP contribution in [0.3, 0.4) is 0 Å². The Morgan fingerprint density at radius 3 is 1.66 bits per heavy atom. The van der Waals surface area contributed by atoms with E-state index >= 15 is 38.4 Å². The summed E-state index contributed by atoms with van der Waals surface area (Å²) < 4.78 is 5.34. The number of nitrogens with zero attached hydrogens (tertiary/aromatic N) is 6. The number of carbonyl (C=O) groups is 19. The third-order valence-corrected chi connectivity index (χ3v) is 25.4. The number of likely N-dealkylation sites (N-methyl/N-ethyl adjacent to an activating group) is 3. The van der Waals surface area contributed by atoms with E-state index in [1.54, 1.807) is 79.0 Å². The molecule has 3 aromatic carbocycles. The molecule has 0 saturated carbocycles. The van der Waals surface area contributed by atoms with Crippen LogP contribution in [0, 0.1) is 0 Å². The number of imidazole rings is 1. The van der Waals surface area contributed by atoms with Crippen LogP contribution in [0.25, 0.3) is 21.8 Å².